The van der Waals surface area contributed by atoms with Crippen molar-refractivity contribution < 1.29 is 9.90 Å². The summed E-state index contributed by atoms with van der Waals surface area (Å²) in [4.78, 5) is 16.2. The average Bonchev–Trinajstić information content (AvgIpc) is 3.17. The lowest BCUT2D eigenvalue weighted by Crippen LogP contribution is -2.36. The molecule has 1 aromatic carbocycles. The van der Waals surface area contributed by atoms with E-state index >= 15 is 0 Å². The highest BCUT2D eigenvalue weighted by Crippen LogP contribution is 2.19. The van der Waals surface area contributed by atoms with Gasteiger partial charge in [-0.05, 0) is 30.7 Å². The second-order valence-electron chi connectivity index (χ2n) is 5.59. The number of carbonyl (C=O) groups is 1. The Morgan fingerprint density at radius 1 is 1.35 bits per heavy atom. The number of anilines is 1. The molecule has 2 amide bonds. The fourth-order valence-corrected chi connectivity index (χ4v) is 2.53. The van der Waals surface area contributed by atoms with Gasteiger partial charge in [0.1, 0.15) is 6.33 Å². The van der Waals surface area contributed by atoms with E-state index in [4.69, 9.17) is 5.11 Å². The number of carbonyl (C=O) groups excluding carboxylic acids is 1. The third kappa shape index (κ3) is 3.75. The lowest BCUT2D eigenvalue weighted by molar-refractivity contribution is 0.238. The third-order valence-electron chi connectivity index (χ3n) is 3.72. The van der Waals surface area contributed by atoms with Gasteiger partial charge in [0, 0.05) is 36.9 Å². The first kappa shape index (κ1) is 15.2. The van der Waals surface area contributed by atoms with Crippen molar-refractivity contribution in [1.29, 1.82) is 0 Å². The molecule has 0 radical (unpaired) electrons. The second-order valence-corrected chi connectivity index (χ2v) is 5.59. The van der Waals surface area contributed by atoms with Crippen LogP contribution >= 0.6 is 0 Å². The molecule has 2 atom stereocenters. The first-order chi connectivity index (χ1) is 11.1. The standard InChI is InChI=1S/C16H19N5O2/c1-21-10-17-15(20-21)12-3-6-13(7-4-12)18-16(23)19-14-5-2-11(8-14)9-22/h2-7,10-11,14,22H,8-9H2,1H3,(H2,18,19,23)/t11-,14+/m0/s1. The van der Waals surface area contributed by atoms with Crippen LogP contribution in [0, 0.1) is 5.92 Å². The van der Waals surface area contributed by atoms with Crippen LogP contribution in [-0.2, 0) is 7.05 Å². The van der Waals surface area contributed by atoms with Crippen LogP contribution < -0.4 is 10.6 Å². The van der Waals surface area contributed by atoms with Crippen LogP contribution in [0.25, 0.3) is 11.4 Å². The van der Waals surface area contributed by atoms with Gasteiger partial charge in [0.2, 0.25) is 0 Å². The quantitative estimate of drug-likeness (QED) is 0.747. The molecular weight excluding hydrogens is 294 g/mol. The van der Waals surface area contributed by atoms with Crippen LogP contribution in [0.15, 0.2) is 42.7 Å². The van der Waals surface area contributed by atoms with Crippen molar-refractivity contribution in [2.24, 2.45) is 13.0 Å². The van der Waals surface area contributed by atoms with Crippen molar-refractivity contribution in [3.05, 3.63) is 42.7 Å². The topological polar surface area (TPSA) is 92.1 Å². The van der Waals surface area contributed by atoms with E-state index in [-0.39, 0.29) is 24.6 Å². The van der Waals surface area contributed by atoms with Crippen LogP contribution in [0.4, 0.5) is 10.5 Å². The predicted molar refractivity (Wildman–Crippen MR) is 86.7 cm³/mol. The fraction of sp³-hybridized carbons (Fsp3) is 0.312. The zero-order valence-electron chi connectivity index (χ0n) is 12.8. The number of aliphatic hydroxyl groups excluding tert-OH is 1. The lowest BCUT2D eigenvalue weighted by atomic mass is 10.1. The maximum atomic E-state index is 12.0. The number of nitrogens with one attached hydrogen (secondary N) is 2. The number of aryl methyl sites for hydroxylation is 1. The van der Waals surface area contributed by atoms with Crippen LogP contribution in [0.2, 0.25) is 0 Å². The summed E-state index contributed by atoms with van der Waals surface area (Å²) in [6.07, 6.45) is 6.22. The van der Waals surface area contributed by atoms with Crippen LogP contribution in [0.1, 0.15) is 6.42 Å². The summed E-state index contributed by atoms with van der Waals surface area (Å²) in [7, 11) is 1.82. The summed E-state index contributed by atoms with van der Waals surface area (Å²) in [5, 5.41) is 19.0. The molecule has 3 N–H and O–H groups in total. The molecule has 7 heteroatoms. The zero-order valence-corrected chi connectivity index (χ0v) is 12.8. The highest BCUT2D eigenvalue weighted by atomic mass is 16.3. The average molecular weight is 313 g/mol. The highest BCUT2D eigenvalue weighted by Gasteiger charge is 2.19. The van der Waals surface area contributed by atoms with Gasteiger partial charge >= 0.3 is 6.03 Å². The molecule has 23 heavy (non-hydrogen) atoms. The molecule has 0 saturated heterocycles. The fourth-order valence-electron chi connectivity index (χ4n) is 2.53. The van der Waals surface area contributed by atoms with Gasteiger partial charge in [-0.1, -0.05) is 12.2 Å². The summed E-state index contributed by atoms with van der Waals surface area (Å²) in [5.74, 6) is 0.778. The van der Waals surface area contributed by atoms with Crippen molar-refractivity contribution in [3.63, 3.8) is 0 Å². The van der Waals surface area contributed by atoms with Crippen molar-refractivity contribution >= 4 is 11.7 Å². The third-order valence-corrected chi connectivity index (χ3v) is 3.72. The minimum absolute atomic E-state index is 0.0378. The molecule has 0 aliphatic heterocycles. The van der Waals surface area contributed by atoms with Gasteiger partial charge in [-0.2, -0.15) is 5.10 Å². The van der Waals surface area contributed by atoms with Crippen LogP contribution in [-0.4, -0.2) is 38.6 Å². The molecule has 120 valence electrons. The Morgan fingerprint density at radius 2 is 2.13 bits per heavy atom. The maximum Gasteiger partial charge on any atom is 0.319 e. The van der Waals surface area contributed by atoms with Gasteiger partial charge in [0.25, 0.3) is 0 Å². The number of aliphatic hydroxyl groups is 1. The molecule has 7 nitrogen and oxygen atoms in total. The molecule has 1 heterocycles. The first-order valence-corrected chi connectivity index (χ1v) is 7.47. The highest BCUT2D eigenvalue weighted by molar-refractivity contribution is 5.89. The van der Waals surface area contributed by atoms with E-state index in [1.165, 1.54) is 0 Å². The minimum atomic E-state index is -0.262. The molecule has 2 aromatic rings. The van der Waals surface area contributed by atoms with Crippen molar-refractivity contribution in [2.45, 2.75) is 12.5 Å². The van der Waals surface area contributed by atoms with Gasteiger partial charge < -0.3 is 15.7 Å². The van der Waals surface area contributed by atoms with E-state index in [0.717, 1.165) is 12.0 Å². The molecule has 0 unspecified atom stereocenters. The lowest BCUT2D eigenvalue weighted by Gasteiger charge is -2.13. The van der Waals surface area contributed by atoms with E-state index in [9.17, 15) is 4.79 Å². The van der Waals surface area contributed by atoms with Crippen LogP contribution in [0.3, 0.4) is 0 Å². The molecule has 1 aromatic heterocycles. The van der Waals surface area contributed by atoms with Crippen molar-refractivity contribution in [3.8, 4) is 11.4 Å². The Morgan fingerprint density at radius 3 is 2.74 bits per heavy atom. The van der Waals surface area contributed by atoms with Gasteiger partial charge in [-0.15, -0.1) is 0 Å². The van der Waals surface area contributed by atoms with Crippen molar-refractivity contribution in [1.82, 2.24) is 20.1 Å². The zero-order chi connectivity index (χ0) is 16.2. The summed E-state index contributed by atoms with van der Waals surface area (Å²) < 4.78 is 1.64. The number of hydrogen-bond acceptors (Lipinski definition) is 4. The van der Waals surface area contributed by atoms with E-state index in [0.29, 0.717) is 11.5 Å². The molecule has 1 aliphatic carbocycles. The summed E-state index contributed by atoms with van der Waals surface area (Å²) in [5.41, 5.74) is 1.59. The smallest absolute Gasteiger partial charge is 0.319 e. The number of rotatable bonds is 4. The van der Waals surface area contributed by atoms with E-state index in [2.05, 4.69) is 20.7 Å². The predicted octanol–water partition coefficient (Wildman–Crippen LogP) is 1.54. The Balaban J connectivity index is 1.56. The SMILES string of the molecule is Cn1cnc(-c2ccc(NC(=O)N[C@@H]3C=C[C@H](CO)C3)cc2)n1. The van der Waals surface area contributed by atoms with Gasteiger partial charge in [0.15, 0.2) is 5.82 Å². The Hall–Kier alpha value is -2.67. The number of urea groups is 1. The van der Waals surface area contributed by atoms with Crippen LogP contribution in [0.5, 0.6) is 0 Å². The monoisotopic (exact) mass is 313 g/mol. The largest absolute Gasteiger partial charge is 0.396 e. The Kier molecular flexibility index (Phi) is 4.38. The normalized spacial score (nSPS) is 19.7. The number of aromatic nitrogens is 3. The van der Waals surface area contributed by atoms with Gasteiger partial charge in [-0.25, -0.2) is 9.78 Å². The molecule has 0 fully saturated rings. The number of nitrogens with zero attached hydrogens (tertiary/aromatic N) is 3. The Bertz CT molecular complexity index is 708. The Labute approximate surface area is 134 Å². The van der Waals surface area contributed by atoms with E-state index in [1.807, 2.05) is 43.5 Å². The number of amides is 2. The van der Waals surface area contributed by atoms with Gasteiger partial charge in [-0.3, -0.25) is 4.68 Å². The maximum absolute atomic E-state index is 12.0. The number of benzene rings is 1. The summed E-state index contributed by atoms with van der Waals surface area (Å²) in [6, 6.07) is 7.05. The molecule has 0 spiro atoms. The van der Waals surface area contributed by atoms with E-state index in [1.54, 1.807) is 11.0 Å². The van der Waals surface area contributed by atoms with Gasteiger partial charge in [0.05, 0.1) is 0 Å². The molecular formula is C16H19N5O2. The first-order valence-electron chi connectivity index (χ1n) is 7.47. The van der Waals surface area contributed by atoms with E-state index < -0.39 is 0 Å². The molecule has 0 saturated carbocycles. The minimum Gasteiger partial charge on any atom is -0.396 e. The molecule has 0 bridgehead atoms. The molecule has 3 rings (SSSR count). The number of hydrogen-bond donors (Lipinski definition) is 3. The molecule has 1 aliphatic rings. The van der Waals surface area contributed by atoms with Crippen molar-refractivity contribution in [2.75, 3.05) is 11.9 Å². The summed E-state index contributed by atoms with van der Waals surface area (Å²) >= 11 is 0. The second kappa shape index (κ2) is 6.62. The summed E-state index contributed by atoms with van der Waals surface area (Å²) in [6.45, 7) is 0.110.